The number of carbonyl (C=O) groups excluding carboxylic acids is 1. The molecule has 0 spiro atoms. The Balaban J connectivity index is 1.71. The first-order chi connectivity index (χ1) is 14.7. The molecule has 0 amide bonds. The molecule has 27 heavy (non-hydrogen) atoms. The van der Waals surface area contributed by atoms with Gasteiger partial charge < -0.3 is 4.57 Å². The van der Waals surface area contributed by atoms with E-state index in [9.17, 15) is 4.79 Å². The third kappa shape index (κ3) is 3.34. The Hall–Kier alpha value is -3.05. The van der Waals surface area contributed by atoms with Gasteiger partial charge in [-0.2, -0.15) is 0 Å². The molecule has 0 saturated carbocycles. The molecule has 0 bridgehead atoms. The van der Waals surface area contributed by atoms with E-state index >= 15 is 0 Å². The standard InChI is InChI=1S/C21H17ClN4O/c1-13-23-12-20(26(13)2)15-7-14-8-16(24-11-19(14)25-10-15)9-21(27)17-5-3-4-6-18(17)22/h3-8,10-12H,9H2,1-2H3/i3D,4D,5D,6D. The Morgan fingerprint density at radius 2 is 1.96 bits per heavy atom. The van der Waals surface area contributed by atoms with Crippen LogP contribution in [0.2, 0.25) is 5.02 Å². The van der Waals surface area contributed by atoms with Crippen LogP contribution in [-0.2, 0) is 13.5 Å². The number of hydrogen-bond acceptors (Lipinski definition) is 4. The van der Waals surface area contributed by atoms with Crippen LogP contribution in [0.1, 0.15) is 27.4 Å². The van der Waals surface area contributed by atoms with Gasteiger partial charge in [0.25, 0.3) is 0 Å². The van der Waals surface area contributed by atoms with E-state index in [0.717, 1.165) is 22.5 Å². The summed E-state index contributed by atoms with van der Waals surface area (Å²) < 4.78 is 33.2. The Morgan fingerprint density at radius 1 is 1.15 bits per heavy atom. The van der Waals surface area contributed by atoms with Gasteiger partial charge in [-0.25, -0.2) is 4.98 Å². The number of pyridine rings is 2. The summed E-state index contributed by atoms with van der Waals surface area (Å²) in [6.45, 7) is 1.91. The molecular weight excluding hydrogens is 360 g/mol. The molecule has 0 aliphatic carbocycles. The Morgan fingerprint density at radius 3 is 2.74 bits per heavy atom. The quantitative estimate of drug-likeness (QED) is 0.492. The lowest BCUT2D eigenvalue weighted by molar-refractivity contribution is 0.0992. The van der Waals surface area contributed by atoms with Gasteiger partial charge in [-0.3, -0.25) is 14.8 Å². The Bertz CT molecular complexity index is 1340. The topological polar surface area (TPSA) is 60.7 Å². The van der Waals surface area contributed by atoms with Crippen LogP contribution >= 0.6 is 11.6 Å². The lowest BCUT2D eigenvalue weighted by Gasteiger charge is -2.07. The summed E-state index contributed by atoms with van der Waals surface area (Å²) in [6.07, 6.45) is 4.92. The molecular formula is C21H17ClN4O. The molecule has 6 heteroatoms. The van der Waals surface area contributed by atoms with Crippen molar-refractivity contribution in [3.05, 3.63) is 77.0 Å². The van der Waals surface area contributed by atoms with E-state index in [-0.39, 0.29) is 17.0 Å². The summed E-state index contributed by atoms with van der Waals surface area (Å²) >= 11 is 6.07. The molecule has 0 aliphatic heterocycles. The van der Waals surface area contributed by atoms with E-state index < -0.39 is 30.0 Å². The second kappa shape index (κ2) is 6.93. The molecule has 0 aliphatic rings. The average Bonchev–Trinajstić information content (AvgIpc) is 3.09. The van der Waals surface area contributed by atoms with E-state index in [0.29, 0.717) is 11.2 Å². The number of nitrogens with zero attached hydrogens (tertiary/aromatic N) is 4. The summed E-state index contributed by atoms with van der Waals surface area (Å²) in [4.78, 5) is 25.9. The highest BCUT2D eigenvalue weighted by Gasteiger charge is 2.13. The van der Waals surface area contributed by atoms with Crippen molar-refractivity contribution < 1.29 is 10.3 Å². The van der Waals surface area contributed by atoms with Crippen molar-refractivity contribution in [3.63, 3.8) is 0 Å². The number of Topliss-reactive ketones (excluding diaryl/α,β-unsaturated/α-hetero) is 1. The van der Waals surface area contributed by atoms with E-state index in [1.165, 1.54) is 0 Å². The first-order valence-corrected chi connectivity index (χ1v) is 8.59. The van der Waals surface area contributed by atoms with Crippen molar-refractivity contribution in [2.75, 3.05) is 0 Å². The average molecular weight is 381 g/mol. The minimum Gasteiger partial charge on any atom is -0.331 e. The normalized spacial score (nSPS) is 13.1. The van der Waals surface area contributed by atoms with Crippen LogP contribution in [0.25, 0.3) is 22.2 Å². The van der Waals surface area contributed by atoms with E-state index in [1.54, 1.807) is 24.7 Å². The fourth-order valence-electron chi connectivity index (χ4n) is 2.83. The van der Waals surface area contributed by atoms with Crippen LogP contribution in [0.4, 0.5) is 0 Å². The number of carbonyl (C=O) groups is 1. The van der Waals surface area contributed by atoms with Crippen LogP contribution in [-0.4, -0.2) is 25.3 Å². The SMILES string of the molecule is [2H]c1c([2H])c([2H])c(C(=O)Cc2cc3cc(-c4cnc(C)n4C)cnc3cn2)c(Cl)c1[2H]. The lowest BCUT2D eigenvalue weighted by Crippen LogP contribution is -2.05. The maximum absolute atomic E-state index is 12.8. The van der Waals surface area contributed by atoms with Gasteiger partial charge in [0.1, 0.15) is 5.82 Å². The number of halogens is 1. The van der Waals surface area contributed by atoms with Crippen molar-refractivity contribution in [2.45, 2.75) is 13.3 Å². The monoisotopic (exact) mass is 380 g/mol. The van der Waals surface area contributed by atoms with E-state index in [1.807, 2.05) is 24.6 Å². The molecule has 3 aromatic heterocycles. The fourth-order valence-corrected chi connectivity index (χ4v) is 3.03. The van der Waals surface area contributed by atoms with Crippen LogP contribution < -0.4 is 0 Å². The van der Waals surface area contributed by atoms with Gasteiger partial charge in [-0.1, -0.05) is 23.7 Å². The first kappa shape index (κ1) is 13.2. The van der Waals surface area contributed by atoms with E-state index in [2.05, 4.69) is 15.0 Å². The van der Waals surface area contributed by atoms with Crippen molar-refractivity contribution >= 4 is 28.3 Å². The molecule has 3 heterocycles. The number of fused-ring (bicyclic) bond motifs is 1. The van der Waals surface area contributed by atoms with Crippen LogP contribution in [0.15, 0.2) is 54.9 Å². The largest absolute Gasteiger partial charge is 0.331 e. The van der Waals surface area contributed by atoms with Gasteiger partial charge in [0.15, 0.2) is 5.78 Å². The van der Waals surface area contributed by atoms with Crippen LogP contribution in [0.3, 0.4) is 0 Å². The molecule has 4 aromatic rings. The molecule has 0 fully saturated rings. The summed E-state index contributed by atoms with van der Waals surface area (Å²) in [5, 5.41) is 0.502. The number of benzene rings is 1. The Kier molecular flexibility index (Phi) is 3.38. The molecule has 134 valence electrons. The van der Waals surface area contributed by atoms with Gasteiger partial charge in [0.2, 0.25) is 0 Å². The second-order valence-electron chi connectivity index (χ2n) is 6.13. The van der Waals surface area contributed by atoms with Gasteiger partial charge in [-0.05, 0) is 31.1 Å². The zero-order valence-electron chi connectivity index (χ0n) is 18.7. The first-order valence-electron chi connectivity index (χ1n) is 10.2. The summed E-state index contributed by atoms with van der Waals surface area (Å²) in [7, 11) is 1.92. The predicted octanol–water partition coefficient (Wildman–Crippen LogP) is 4.42. The van der Waals surface area contributed by atoms with Crippen LogP contribution in [0, 0.1) is 6.92 Å². The van der Waals surface area contributed by atoms with Gasteiger partial charge in [0, 0.05) is 35.5 Å². The minimum absolute atomic E-state index is 0.160. The molecule has 4 rings (SSSR count). The van der Waals surface area contributed by atoms with E-state index in [4.69, 9.17) is 17.1 Å². The molecule has 0 saturated heterocycles. The van der Waals surface area contributed by atoms with Crippen molar-refractivity contribution in [2.24, 2.45) is 7.05 Å². The number of aromatic nitrogens is 4. The van der Waals surface area contributed by atoms with Crippen LogP contribution in [0.5, 0.6) is 0 Å². The highest BCUT2D eigenvalue weighted by Crippen LogP contribution is 2.24. The summed E-state index contributed by atoms with van der Waals surface area (Å²) in [5.74, 6) is 0.343. The van der Waals surface area contributed by atoms with Gasteiger partial charge >= 0.3 is 0 Å². The van der Waals surface area contributed by atoms with Crippen molar-refractivity contribution in [1.29, 1.82) is 0 Å². The third-order valence-electron chi connectivity index (χ3n) is 4.40. The number of ketones is 1. The Labute approximate surface area is 167 Å². The van der Waals surface area contributed by atoms with Gasteiger partial charge in [0.05, 0.1) is 40.5 Å². The maximum atomic E-state index is 12.8. The zero-order valence-corrected chi connectivity index (χ0v) is 15.4. The smallest absolute Gasteiger partial charge is 0.170 e. The number of hydrogen-bond donors (Lipinski definition) is 0. The highest BCUT2D eigenvalue weighted by atomic mass is 35.5. The minimum atomic E-state index is -0.532. The zero-order chi connectivity index (χ0) is 22.4. The highest BCUT2D eigenvalue weighted by molar-refractivity contribution is 6.34. The molecule has 0 radical (unpaired) electrons. The second-order valence-corrected chi connectivity index (χ2v) is 6.51. The number of aryl methyl sites for hydroxylation is 1. The van der Waals surface area contributed by atoms with Crippen molar-refractivity contribution in [3.8, 4) is 11.3 Å². The summed E-state index contributed by atoms with van der Waals surface area (Å²) in [5.41, 5.74) is 2.67. The molecule has 0 N–H and O–H groups in total. The molecule has 0 atom stereocenters. The number of imidazole rings is 1. The molecule has 0 unspecified atom stereocenters. The predicted molar refractivity (Wildman–Crippen MR) is 106 cm³/mol. The third-order valence-corrected chi connectivity index (χ3v) is 4.69. The number of rotatable bonds is 4. The van der Waals surface area contributed by atoms with Crippen molar-refractivity contribution in [1.82, 2.24) is 19.5 Å². The fraction of sp³-hybridized carbons (Fsp3) is 0.143. The molecule has 1 aromatic carbocycles. The summed E-state index contributed by atoms with van der Waals surface area (Å²) in [6, 6.07) is 1.83. The molecule has 5 nitrogen and oxygen atoms in total. The maximum Gasteiger partial charge on any atom is 0.170 e. The lowest BCUT2D eigenvalue weighted by atomic mass is 10.0. The van der Waals surface area contributed by atoms with Gasteiger partial charge in [-0.15, -0.1) is 0 Å².